The second kappa shape index (κ2) is 20.7. The summed E-state index contributed by atoms with van der Waals surface area (Å²) in [5.74, 6) is -2.15. The summed E-state index contributed by atoms with van der Waals surface area (Å²) in [6.45, 7) is -0.210. The molecule has 1 aliphatic heterocycles. The molecule has 1 saturated heterocycles. The summed E-state index contributed by atoms with van der Waals surface area (Å²) in [5, 5.41) is 1.88. The molecule has 12 heteroatoms. The van der Waals surface area contributed by atoms with Gasteiger partial charge >= 0.3 is 17.9 Å². The number of ether oxygens (including phenoxy) is 5. The first kappa shape index (κ1) is 44.0. The molecule has 6 aromatic carbocycles. The number of esters is 3. The molecule has 0 unspecified atom stereocenters. The van der Waals surface area contributed by atoms with Crippen molar-refractivity contribution in [1.82, 2.24) is 9.97 Å². The van der Waals surface area contributed by atoms with Crippen molar-refractivity contribution >= 4 is 41.0 Å². The fourth-order valence-corrected chi connectivity index (χ4v) is 9.91. The van der Waals surface area contributed by atoms with Crippen molar-refractivity contribution in [1.29, 1.82) is 0 Å². The van der Waals surface area contributed by atoms with E-state index in [1.165, 1.54) is 23.1 Å². The summed E-state index contributed by atoms with van der Waals surface area (Å²) >= 11 is 2.54. The predicted octanol–water partition coefficient (Wildman–Crippen LogP) is 10.7. The zero-order valence-corrected chi connectivity index (χ0v) is 36.9. The van der Waals surface area contributed by atoms with Crippen LogP contribution in [0.25, 0.3) is 11.4 Å². The molecule has 328 valence electrons. The average Bonchev–Trinajstić information content (AvgIpc) is 3.86. The Labute approximate surface area is 390 Å². The van der Waals surface area contributed by atoms with Gasteiger partial charge in [-0.05, 0) is 65.2 Å². The average molecular weight is 911 g/mol. The molecule has 0 amide bonds. The van der Waals surface area contributed by atoms with Crippen LogP contribution in [0.4, 0.5) is 0 Å². The molecule has 0 radical (unpaired) electrons. The maximum atomic E-state index is 14.3. The number of benzene rings is 6. The smallest absolute Gasteiger partial charge is 0.338 e. The van der Waals surface area contributed by atoms with Crippen LogP contribution in [-0.4, -0.2) is 64.3 Å². The highest BCUT2D eigenvalue weighted by Crippen LogP contribution is 2.44. The summed E-state index contributed by atoms with van der Waals surface area (Å²) in [6.07, 6.45) is -3.63. The van der Waals surface area contributed by atoms with E-state index in [9.17, 15) is 14.4 Å². The number of carbonyl (C=O) groups is 3. The lowest BCUT2D eigenvalue weighted by Gasteiger charge is -2.45. The Kier molecular flexibility index (Phi) is 13.8. The van der Waals surface area contributed by atoms with Crippen molar-refractivity contribution in [3.05, 3.63) is 245 Å². The summed E-state index contributed by atoms with van der Waals surface area (Å²) in [6, 6.07) is 60.5. The quantitative estimate of drug-likeness (QED) is 0.0555. The zero-order valence-electron chi connectivity index (χ0n) is 35.3. The van der Waals surface area contributed by atoms with Crippen molar-refractivity contribution in [3.8, 4) is 11.4 Å². The fourth-order valence-electron chi connectivity index (χ4n) is 7.83. The van der Waals surface area contributed by atoms with Gasteiger partial charge in [-0.25, -0.2) is 19.4 Å². The Hall–Kier alpha value is -7.22. The number of hydrogen-bond donors (Lipinski definition) is 0. The normalized spacial score (nSPS) is 18.2. The van der Waals surface area contributed by atoms with Crippen LogP contribution in [0.3, 0.4) is 0 Å². The Morgan fingerprint density at radius 1 is 0.515 bits per heavy atom. The van der Waals surface area contributed by atoms with E-state index in [2.05, 4.69) is 4.98 Å². The fraction of sp³-hybridized carbons (Fsp3) is 0.130. The molecule has 5 atom stereocenters. The summed E-state index contributed by atoms with van der Waals surface area (Å²) in [5.41, 5.74) is 2.22. The van der Waals surface area contributed by atoms with E-state index in [-0.39, 0.29) is 23.3 Å². The van der Waals surface area contributed by atoms with Crippen molar-refractivity contribution < 1.29 is 38.1 Å². The van der Waals surface area contributed by atoms with Crippen LogP contribution in [-0.2, 0) is 29.3 Å². The molecule has 0 saturated carbocycles. The minimum atomic E-state index is -1.44. The third-order valence-electron chi connectivity index (χ3n) is 11.0. The Morgan fingerprint density at radius 3 is 1.39 bits per heavy atom. The van der Waals surface area contributed by atoms with E-state index in [1.807, 2.05) is 115 Å². The highest BCUT2D eigenvalue weighted by Gasteiger charge is 2.54. The van der Waals surface area contributed by atoms with Gasteiger partial charge in [-0.2, -0.15) is 0 Å². The molecular formula is C54H42N2O8S2. The minimum absolute atomic E-state index is 0.210. The molecule has 8 aromatic rings. The van der Waals surface area contributed by atoms with Gasteiger partial charge in [0.2, 0.25) is 0 Å². The van der Waals surface area contributed by atoms with Crippen LogP contribution in [0.2, 0.25) is 0 Å². The monoisotopic (exact) mass is 910 g/mol. The van der Waals surface area contributed by atoms with Gasteiger partial charge in [0.15, 0.2) is 28.1 Å². The summed E-state index contributed by atoms with van der Waals surface area (Å²) in [7, 11) is 0. The number of carbonyl (C=O) groups excluding carboxylic acids is 3. The maximum Gasteiger partial charge on any atom is 0.338 e. The van der Waals surface area contributed by atoms with Crippen LogP contribution in [0, 0.1) is 0 Å². The molecule has 1 fully saturated rings. The maximum absolute atomic E-state index is 14.3. The second-order valence-electron chi connectivity index (χ2n) is 15.2. The van der Waals surface area contributed by atoms with E-state index >= 15 is 0 Å². The first-order valence-electron chi connectivity index (χ1n) is 21.2. The third-order valence-corrected chi connectivity index (χ3v) is 13.1. The van der Waals surface area contributed by atoms with Gasteiger partial charge in [-0.1, -0.05) is 163 Å². The lowest BCUT2D eigenvalue weighted by molar-refractivity contribution is -0.216. The highest BCUT2D eigenvalue weighted by molar-refractivity contribution is 8.01. The molecule has 1 aliphatic rings. The van der Waals surface area contributed by atoms with Gasteiger partial charge < -0.3 is 23.7 Å². The SMILES string of the molecule is O=C(O[C@@H]1[C@@H](OC(=O)c2ccccc2)[C@H](Sc2nc(-c3ccccn3)cs2)O[C@H](COC(c2ccccc2)(c2ccccc2)c2ccccc2)[C@H]1OC(=O)c1ccccc1)c1ccccc1. The lowest BCUT2D eigenvalue weighted by Crippen LogP contribution is -2.62. The second-order valence-corrected chi connectivity index (χ2v) is 17.4. The highest BCUT2D eigenvalue weighted by atomic mass is 32.2. The molecule has 0 bridgehead atoms. The van der Waals surface area contributed by atoms with Crippen molar-refractivity contribution in [2.75, 3.05) is 6.61 Å². The molecule has 0 N–H and O–H groups in total. The molecule has 9 rings (SSSR count). The molecular weight excluding hydrogens is 869 g/mol. The predicted molar refractivity (Wildman–Crippen MR) is 252 cm³/mol. The number of aromatic nitrogens is 2. The molecule has 0 spiro atoms. The molecule has 0 aliphatic carbocycles. The van der Waals surface area contributed by atoms with E-state index < -0.39 is 53.4 Å². The van der Waals surface area contributed by atoms with Crippen LogP contribution in [0.1, 0.15) is 47.8 Å². The largest absolute Gasteiger partial charge is 0.452 e. The van der Waals surface area contributed by atoms with Gasteiger partial charge in [-0.15, -0.1) is 11.3 Å². The van der Waals surface area contributed by atoms with Crippen LogP contribution in [0.5, 0.6) is 0 Å². The molecule has 3 heterocycles. The van der Waals surface area contributed by atoms with Crippen molar-refractivity contribution in [3.63, 3.8) is 0 Å². The molecule has 66 heavy (non-hydrogen) atoms. The first-order chi connectivity index (χ1) is 32.5. The van der Waals surface area contributed by atoms with Crippen LogP contribution < -0.4 is 0 Å². The van der Waals surface area contributed by atoms with Gasteiger partial charge in [0.25, 0.3) is 0 Å². The number of thiazole rings is 1. The zero-order chi connectivity index (χ0) is 45.1. The Balaban J connectivity index is 1.18. The van der Waals surface area contributed by atoms with Gasteiger partial charge in [0.05, 0.1) is 29.0 Å². The topological polar surface area (TPSA) is 123 Å². The van der Waals surface area contributed by atoms with Crippen LogP contribution >= 0.6 is 23.1 Å². The van der Waals surface area contributed by atoms with E-state index in [0.717, 1.165) is 16.7 Å². The van der Waals surface area contributed by atoms with Gasteiger partial charge in [-0.3, -0.25) is 4.98 Å². The molecule has 2 aromatic heterocycles. The Bertz CT molecular complexity index is 2730. The van der Waals surface area contributed by atoms with Gasteiger partial charge in [0, 0.05) is 11.6 Å². The van der Waals surface area contributed by atoms with Gasteiger partial charge in [0.1, 0.15) is 17.4 Å². The van der Waals surface area contributed by atoms with Crippen LogP contribution in [0.15, 0.2) is 216 Å². The number of hydrogen-bond acceptors (Lipinski definition) is 12. The lowest BCUT2D eigenvalue weighted by atomic mass is 9.80. The van der Waals surface area contributed by atoms with E-state index in [1.54, 1.807) is 97.2 Å². The van der Waals surface area contributed by atoms with Crippen molar-refractivity contribution in [2.24, 2.45) is 0 Å². The Morgan fingerprint density at radius 2 is 0.939 bits per heavy atom. The minimum Gasteiger partial charge on any atom is -0.452 e. The number of rotatable bonds is 15. The molecule has 10 nitrogen and oxygen atoms in total. The first-order valence-corrected chi connectivity index (χ1v) is 23.0. The van der Waals surface area contributed by atoms with E-state index in [0.29, 0.717) is 15.7 Å². The van der Waals surface area contributed by atoms with E-state index in [4.69, 9.17) is 28.7 Å². The van der Waals surface area contributed by atoms with Crippen molar-refractivity contribution in [2.45, 2.75) is 39.8 Å². The third kappa shape index (κ3) is 9.87. The number of pyridine rings is 1. The standard InChI is InChI=1S/C54H42N2O8S2/c57-49(37-21-7-1-8-22-37)62-46-45(35-60-54(40-27-13-4-14-28-40,41-29-15-5-16-30-41)42-31-17-6-18-32-42)61-52(66-53-56-44(36-65-53)43-33-19-20-34-55-43)48(64-51(59)39-25-11-3-12-26-39)47(46)63-50(58)38-23-9-2-10-24-38/h1-34,36,45-48,52H,35H2/t45-,46-,47+,48-,52+/m1/s1. The number of nitrogens with zero attached hydrogens (tertiary/aromatic N) is 2. The summed E-state index contributed by atoms with van der Waals surface area (Å²) < 4.78 is 34.3. The number of thioether (sulfide) groups is 1. The summed E-state index contributed by atoms with van der Waals surface area (Å²) in [4.78, 5) is 52.2.